The summed E-state index contributed by atoms with van der Waals surface area (Å²) in [6, 6.07) is 16.7. The zero-order valence-electron chi connectivity index (χ0n) is 10.9. The van der Waals surface area contributed by atoms with E-state index < -0.39 is 16.5 Å². The van der Waals surface area contributed by atoms with Crippen LogP contribution in [-0.2, 0) is 9.13 Å². The molecule has 0 aliphatic heterocycles. The topological polar surface area (TPSA) is 98.7 Å². The molecule has 6 nitrogen and oxygen atoms in total. The molecule has 0 fully saturated rings. The van der Waals surface area contributed by atoms with E-state index in [9.17, 15) is 18.9 Å². The molecule has 0 bridgehead atoms. The summed E-state index contributed by atoms with van der Waals surface area (Å²) < 4.78 is 28.9. The number of hydrogen-bond acceptors (Lipinski definition) is 6. The SMILES string of the molecule is O=[PH]([O-])Oc1ccccc1.O=[PH]([O-])Oc1ccccc1.[Ca+2]. The molecule has 2 aromatic carbocycles. The molecule has 2 aromatic rings. The molecule has 2 atom stereocenters. The van der Waals surface area contributed by atoms with Gasteiger partial charge in [0, 0.05) is 0 Å². The summed E-state index contributed by atoms with van der Waals surface area (Å²) in [6.45, 7) is 0. The van der Waals surface area contributed by atoms with E-state index in [1.807, 2.05) is 0 Å². The molecule has 0 heterocycles. The van der Waals surface area contributed by atoms with E-state index in [4.69, 9.17) is 0 Å². The molecule has 2 rings (SSSR count). The van der Waals surface area contributed by atoms with E-state index in [0.29, 0.717) is 11.5 Å². The van der Waals surface area contributed by atoms with Crippen molar-refractivity contribution < 1.29 is 28.0 Å². The Hall–Kier alpha value is -0.320. The minimum Gasteiger partial charge on any atom is -0.771 e. The Morgan fingerprint density at radius 2 is 0.952 bits per heavy atom. The smallest absolute Gasteiger partial charge is 0.771 e. The van der Waals surface area contributed by atoms with Gasteiger partial charge in [0.2, 0.25) is 0 Å². The van der Waals surface area contributed by atoms with Crippen LogP contribution in [0.5, 0.6) is 11.5 Å². The molecule has 0 aliphatic rings. The average molecular weight is 354 g/mol. The van der Waals surface area contributed by atoms with Crippen molar-refractivity contribution in [1.29, 1.82) is 0 Å². The Kier molecular flexibility index (Phi) is 12.1. The molecule has 0 saturated heterocycles. The monoisotopic (exact) mass is 354 g/mol. The van der Waals surface area contributed by atoms with Crippen molar-refractivity contribution in [3.8, 4) is 11.5 Å². The van der Waals surface area contributed by atoms with Crippen LogP contribution in [0.3, 0.4) is 0 Å². The molecule has 108 valence electrons. The fourth-order valence-electron chi connectivity index (χ4n) is 1.17. The van der Waals surface area contributed by atoms with Crippen molar-refractivity contribution in [3.63, 3.8) is 0 Å². The molecule has 9 heteroatoms. The minimum absolute atomic E-state index is 0. The molecule has 0 amide bonds. The van der Waals surface area contributed by atoms with Gasteiger partial charge >= 0.3 is 37.7 Å². The van der Waals surface area contributed by atoms with E-state index in [1.165, 1.54) is 0 Å². The molecular formula is C12H12CaO6P2. The van der Waals surface area contributed by atoms with Crippen molar-refractivity contribution in [3.05, 3.63) is 60.7 Å². The maximum atomic E-state index is 10.0. The van der Waals surface area contributed by atoms with Gasteiger partial charge in [0.05, 0.1) is 0 Å². The van der Waals surface area contributed by atoms with Crippen molar-refractivity contribution in [2.24, 2.45) is 0 Å². The van der Waals surface area contributed by atoms with Crippen LogP contribution in [0.4, 0.5) is 0 Å². The quantitative estimate of drug-likeness (QED) is 0.605. The Morgan fingerprint density at radius 3 is 1.19 bits per heavy atom. The second-order valence-electron chi connectivity index (χ2n) is 3.33. The standard InChI is InChI=1S/2C6H7O3P.Ca/c2*7-10(8)9-6-4-2-1-3-5-6;/h2*1-5,10H,(H,7,8);/q;;+2/p-2. The predicted molar refractivity (Wildman–Crippen MR) is 77.9 cm³/mol. The van der Waals surface area contributed by atoms with Crippen LogP contribution < -0.4 is 18.8 Å². The fraction of sp³-hybridized carbons (Fsp3) is 0. The van der Waals surface area contributed by atoms with Gasteiger partial charge in [-0.05, 0) is 24.3 Å². The second kappa shape index (κ2) is 12.2. The van der Waals surface area contributed by atoms with Gasteiger partial charge in [-0.1, -0.05) is 36.4 Å². The summed E-state index contributed by atoms with van der Waals surface area (Å²) in [4.78, 5) is 20.0. The first-order valence-electron chi connectivity index (χ1n) is 5.45. The molecule has 21 heavy (non-hydrogen) atoms. The third-order valence-corrected chi connectivity index (χ3v) is 2.69. The largest absolute Gasteiger partial charge is 2.00 e. The van der Waals surface area contributed by atoms with Gasteiger partial charge in [-0.3, -0.25) is 9.13 Å². The van der Waals surface area contributed by atoms with Crippen LogP contribution in [0.1, 0.15) is 0 Å². The zero-order chi connectivity index (χ0) is 14.8. The summed E-state index contributed by atoms with van der Waals surface area (Å²) in [5.41, 5.74) is 0. The normalized spacial score (nSPS) is 11.9. The van der Waals surface area contributed by atoms with E-state index in [1.54, 1.807) is 60.7 Å². The first-order valence-corrected chi connectivity index (χ1v) is 7.90. The Morgan fingerprint density at radius 1 is 0.667 bits per heavy atom. The predicted octanol–water partition coefficient (Wildman–Crippen LogP) is 1.25. The van der Waals surface area contributed by atoms with Crippen molar-refractivity contribution in [2.75, 3.05) is 0 Å². The van der Waals surface area contributed by atoms with Gasteiger partial charge in [-0.15, -0.1) is 0 Å². The number of hydrogen-bond donors (Lipinski definition) is 0. The van der Waals surface area contributed by atoms with Gasteiger partial charge < -0.3 is 18.8 Å². The van der Waals surface area contributed by atoms with Crippen LogP contribution in [0.25, 0.3) is 0 Å². The van der Waals surface area contributed by atoms with Gasteiger partial charge in [-0.2, -0.15) is 0 Å². The van der Waals surface area contributed by atoms with E-state index in [0.717, 1.165) is 0 Å². The molecule has 0 aromatic heterocycles. The summed E-state index contributed by atoms with van der Waals surface area (Å²) in [5, 5.41) is 0. The first kappa shape index (κ1) is 20.7. The van der Waals surface area contributed by atoms with Gasteiger partial charge in [0.15, 0.2) is 16.5 Å². The number of para-hydroxylation sites is 2. The summed E-state index contributed by atoms with van der Waals surface area (Å²) in [7, 11) is -6.17. The Bertz CT molecular complexity index is 501. The van der Waals surface area contributed by atoms with Crippen LogP contribution in [0.2, 0.25) is 0 Å². The third-order valence-electron chi connectivity index (χ3n) is 1.89. The molecule has 0 saturated carbocycles. The molecule has 0 N–H and O–H groups in total. The van der Waals surface area contributed by atoms with E-state index in [2.05, 4.69) is 9.05 Å². The van der Waals surface area contributed by atoms with Crippen molar-refractivity contribution >= 4 is 54.2 Å². The van der Waals surface area contributed by atoms with Gasteiger partial charge in [0.1, 0.15) is 11.5 Å². The van der Waals surface area contributed by atoms with Crippen LogP contribution >= 0.6 is 16.5 Å². The zero-order valence-corrected chi connectivity index (χ0v) is 15.1. The average Bonchev–Trinajstić information content (AvgIpc) is 2.40. The first-order chi connectivity index (χ1) is 9.58. The maximum Gasteiger partial charge on any atom is 2.00 e. The molecular weight excluding hydrogens is 342 g/mol. The van der Waals surface area contributed by atoms with E-state index in [-0.39, 0.29) is 37.7 Å². The molecule has 2 unspecified atom stereocenters. The Labute approximate surface area is 153 Å². The fourth-order valence-corrected chi connectivity index (χ4v) is 1.83. The van der Waals surface area contributed by atoms with Crippen LogP contribution in [0, 0.1) is 0 Å². The van der Waals surface area contributed by atoms with Crippen LogP contribution in [0.15, 0.2) is 60.7 Å². The summed E-state index contributed by atoms with van der Waals surface area (Å²) in [5.74, 6) is 0.725. The van der Waals surface area contributed by atoms with Crippen molar-refractivity contribution in [2.45, 2.75) is 0 Å². The molecule has 0 spiro atoms. The third kappa shape index (κ3) is 11.0. The van der Waals surface area contributed by atoms with Gasteiger partial charge in [0.25, 0.3) is 0 Å². The van der Waals surface area contributed by atoms with Crippen molar-refractivity contribution in [1.82, 2.24) is 0 Å². The maximum absolute atomic E-state index is 10.0. The minimum atomic E-state index is -3.09. The van der Waals surface area contributed by atoms with Crippen LogP contribution in [-0.4, -0.2) is 37.7 Å². The molecule has 0 radical (unpaired) electrons. The second-order valence-corrected chi connectivity index (χ2v) is 4.74. The summed E-state index contributed by atoms with van der Waals surface area (Å²) in [6.07, 6.45) is 0. The molecule has 0 aliphatic carbocycles. The number of benzene rings is 2. The van der Waals surface area contributed by atoms with Gasteiger partial charge in [-0.25, -0.2) is 0 Å². The summed E-state index contributed by atoms with van der Waals surface area (Å²) >= 11 is 0. The van der Waals surface area contributed by atoms with E-state index >= 15 is 0 Å². The number of rotatable bonds is 4. The Balaban J connectivity index is 0.000000364.